The third kappa shape index (κ3) is 3.40. The van der Waals surface area contributed by atoms with Gasteiger partial charge in [-0.1, -0.05) is 12.1 Å². The van der Waals surface area contributed by atoms with Gasteiger partial charge in [0.1, 0.15) is 5.54 Å². The Labute approximate surface area is 150 Å². The van der Waals surface area contributed by atoms with Crippen LogP contribution in [0, 0.1) is 5.92 Å². The minimum Gasteiger partial charge on any atom is -0.481 e. The van der Waals surface area contributed by atoms with Crippen LogP contribution in [0.5, 0.6) is 0 Å². The fraction of sp³-hybridized carbons (Fsp3) is 0.444. The van der Waals surface area contributed by atoms with E-state index >= 15 is 0 Å². The number of imide groups is 1. The van der Waals surface area contributed by atoms with E-state index in [-0.39, 0.29) is 18.2 Å². The van der Waals surface area contributed by atoms with E-state index < -0.39 is 23.4 Å². The molecule has 0 saturated carbocycles. The molecule has 0 spiro atoms. The Morgan fingerprint density at radius 1 is 1.19 bits per heavy atom. The van der Waals surface area contributed by atoms with Crippen LogP contribution >= 0.6 is 0 Å². The summed E-state index contributed by atoms with van der Waals surface area (Å²) in [5, 5.41) is 13.6. The van der Waals surface area contributed by atoms with Crippen LogP contribution in [0.4, 0.5) is 4.79 Å². The third-order valence-electron chi connectivity index (χ3n) is 5.12. The number of rotatable bonds is 4. The summed E-state index contributed by atoms with van der Waals surface area (Å²) in [4.78, 5) is 48.5. The van der Waals surface area contributed by atoms with E-state index in [0.29, 0.717) is 37.1 Å². The molecule has 0 aromatic heterocycles. The van der Waals surface area contributed by atoms with Crippen molar-refractivity contribution in [2.75, 3.05) is 13.1 Å². The van der Waals surface area contributed by atoms with Gasteiger partial charge in [-0.15, -0.1) is 0 Å². The highest BCUT2D eigenvalue weighted by Gasteiger charge is 2.43. The zero-order chi connectivity index (χ0) is 18.9. The molecule has 2 saturated heterocycles. The molecule has 8 heteroatoms. The number of hydrogen-bond donors (Lipinski definition) is 3. The number of piperidine rings is 1. The van der Waals surface area contributed by atoms with E-state index in [1.165, 1.54) is 0 Å². The molecule has 1 atom stereocenters. The van der Waals surface area contributed by atoms with Crippen LogP contribution in [0.25, 0.3) is 0 Å². The maximum atomic E-state index is 12.6. The molecule has 138 valence electrons. The van der Waals surface area contributed by atoms with Crippen LogP contribution in [0.2, 0.25) is 0 Å². The third-order valence-corrected chi connectivity index (χ3v) is 5.12. The Morgan fingerprint density at radius 3 is 2.31 bits per heavy atom. The van der Waals surface area contributed by atoms with Gasteiger partial charge < -0.3 is 15.3 Å². The standard InChI is InChI=1S/C18H21N3O5/c1-18(16(25)19-17(26)20-18)13-4-2-12(3-5-13)15(24)21-8-6-11(7-9-21)10-14(22)23/h2-5,11H,6-10H2,1H3,(H,22,23)(H2,19,20,25,26). The molecule has 0 radical (unpaired) electrons. The number of likely N-dealkylation sites (tertiary alicyclic amines) is 1. The Balaban J connectivity index is 1.66. The van der Waals surface area contributed by atoms with Crippen molar-refractivity contribution in [3.63, 3.8) is 0 Å². The lowest BCUT2D eigenvalue weighted by Crippen LogP contribution is -2.41. The number of carboxylic acids is 1. The van der Waals surface area contributed by atoms with Gasteiger partial charge >= 0.3 is 12.0 Å². The summed E-state index contributed by atoms with van der Waals surface area (Å²) < 4.78 is 0. The quantitative estimate of drug-likeness (QED) is 0.696. The van der Waals surface area contributed by atoms with E-state index in [1.54, 1.807) is 36.1 Å². The first-order valence-electron chi connectivity index (χ1n) is 8.55. The summed E-state index contributed by atoms with van der Waals surface area (Å²) in [6.07, 6.45) is 1.50. The molecule has 2 fully saturated rings. The number of carbonyl (C=O) groups is 4. The molecule has 1 aromatic carbocycles. The van der Waals surface area contributed by atoms with Gasteiger partial charge in [0.15, 0.2) is 0 Å². The number of urea groups is 1. The number of nitrogens with zero attached hydrogens (tertiary/aromatic N) is 1. The second-order valence-corrected chi connectivity index (χ2v) is 6.94. The molecule has 3 N–H and O–H groups in total. The smallest absolute Gasteiger partial charge is 0.322 e. The number of amides is 4. The highest BCUT2D eigenvalue weighted by atomic mass is 16.4. The lowest BCUT2D eigenvalue weighted by Gasteiger charge is -2.31. The zero-order valence-corrected chi connectivity index (χ0v) is 14.4. The molecule has 8 nitrogen and oxygen atoms in total. The van der Waals surface area contributed by atoms with Crippen LogP contribution in [0.15, 0.2) is 24.3 Å². The molecule has 2 aliphatic heterocycles. The average molecular weight is 359 g/mol. The van der Waals surface area contributed by atoms with Crippen molar-refractivity contribution in [2.45, 2.75) is 31.7 Å². The van der Waals surface area contributed by atoms with Gasteiger partial charge in [0.25, 0.3) is 11.8 Å². The largest absolute Gasteiger partial charge is 0.481 e. The second-order valence-electron chi connectivity index (χ2n) is 6.94. The SMILES string of the molecule is CC1(c2ccc(C(=O)N3CCC(CC(=O)O)CC3)cc2)NC(=O)NC1=O. The van der Waals surface area contributed by atoms with Gasteiger partial charge in [-0.3, -0.25) is 19.7 Å². The maximum Gasteiger partial charge on any atom is 0.322 e. The van der Waals surface area contributed by atoms with E-state index in [0.717, 1.165) is 0 Å². The Kier molecular flexibility index (Phi) is 4.67. The fourth-order valence-electron chi connectivity index (χ4n) is 3.46. The number of carboxylic acid groups (broad SMARTS) is 1. The number of carbonyl (C=O) groups excluding carboxylic acids is 3. The summed E-state index contributed by atoms with van der Waals surface area (Å²) in [6, 6.07) is 6.07. The molecule has 2 aliphatic rings. The van der Waals surface area contributed by atoms with Crippen LogP contribution in [-0.4, -0.2) is 46.9 Å². The Hall–Kier alpha value is -2.90. The minimum atomic E-state index is -1.15. The van der Waals surface area contributed by atoms with Crippen LogP contribution < -0.4 is 10.6 Å². The lowest BCUT2D eigenvalue weighted by atomic mass is 9.91. The molecule has 2 heterocycles. The van der Waals surface area contributed by atoms with Crippen molar-refractivity contribution < 1.29 is 24.3 Å². The van der Waals surface area contributed by atoms with E-state index in [4.69, 9.17) is 5.11 Å². The van der Waals surface area contributed by atoms with E-state index in [9.17, 15) is 19.2 Å². The predicted molar refractivity (Wildman–Crippen MR) is 91.3 cm³/mol. The molecular weight excluding hydrogens is 338 g/mol. The first-order chi connectivity index (χ1) is 12.3. The number of nitrogens with one attached hydrogen (secondary N) is 2. The van der Waals surface area contributed by atoms with Crippen molar-refractivity contribution in [3.05, 3.63) is 35.4 Å². The monoisotopic (exact) mass is 359 g/mol. The fourth-order valence-corrected chi connectivity index (χ4v) is 3.46. The predicted octanol–water partition coefficient (Wildman–Crippen LogP) is 1.07. The van der Waals surface area contributed by atoms with Gasteiger partial charge in [0.2, 0.25) is 0 Å². The average Bonchev–Trinajstić information content (AvgIpc) is 2.87. The molecule has 3 rings (SSSR count). The van der Waals surface area contributed by atoms with Crippen molar-refractivity contribution in [2.24, 2.45) is 5.92 Å². The first kappa shape index (κ1) is 17.9. The molecule has 1 unspecified atom stereocenters. The van der Waals surface area contributed by atoms with Crippen LogP contribution in [0.3, 0.4) is 0 Å². The van der Waals surface area contributed by atoms with E-state index in [2.05, 4.69) is 10.6 Å². The number of benzene rings is 1. The van der Waals surface area contributed by atoms with Crippen LogP contribution in [-0.2, 0) is 15.1 Å². The number of aliphatic carboxylic acids is 1. The summed E-state index contributed by atoms with van der Waals surface area (Å²) in [6.45, 7) is 2.68. The molecular formula is C18H21N3O5. The highest BCUT2D eigenvalue weighted by molar-refractivity contribution is 6.07. The molecule has 1 aromatic rings. The van der Waals surface area contributed by atoms with Crippen LogP contribution in [0.1, 0.15) is 42.1 Å². The summed E-state index contributed by atoms with van der Waals surface area (Å²) in [5.41, 5.74) is -0.0512. The van der Waals surface area contributed by atoms with Gasteiger partial charge in [-0.05, 0) is 43.4 Å². The maximum absolute atomic E-state index is 12.6. The Morgan fingerprint density at radius 2 is 1.81 bits per heavy atom. The normalized spacial score (nSPS) is 23.5. The van der Waals surface area contributed by atoms with Crippen molar-refractivity contribution in [3.8, 4) is 0 Å². The first-order valence-corrected chi connectivity index (χ1v) is 8.55. The van der Waals surface area contributed by atoms with Gasteiger partial charge in [-0.2, -0.15) is 0 Å². The molecule has 26 heavy (non-hydrogen) atoms. The van der Waals surface area contributed by atoms with Gasteiger partial charge in [0, 0.05) is 25.1 Å². The zero-order valence-electron chi connectivity index (χ0n) is 14.4. The van der Waals surface area contributed by atoms with Gasteiger partial charge in [-0.25, -0.2) is 4.79 Å². The second kappa shape index (κ2) is 6.78. The summed E-state index contributed by atoms with van der Waals surface area (Å²) >= 11 is 0. The minimum absolute atomic E-state index is 0.114. The Bertz CT molecular complexity index is 753. The topological polar surface area (TPSA) is 116 Å². The van der Waals surface area contributed by atoms with E-state index in [1.807, 2.05) is 0 Å². The number of hydrogen-bond acceptors (Lipinski definition) is 4. The summed E-state index contributed by atoms with van der Waals surface area (Å²) in [5.74, 6) is -1.23. The van der Waals surface area contributed by atoms with Crippen molar-refractivity contribution in [1.29, 1.82) is 0 Å². The lowest BCUT2D eigenvalue weighted by molar-refractivity contribution is -0.138. The van der Waals surface area contributed by atoms with Crippen molar-refractivity contribution >= 4 is 23.8 Å². The molecule has 4 amide bonds. The summed E-state index contributed by atoms with van der Waals surface area (Å²) in [7, 11) is 0. The molecule has 0 bridgehead atoms. The molecule has 0 aliphatic carbocycles. The van der Waals surface area contributed by atoms with Gasteiger partial charge in [0.05, 0.1) is 0 Å². The highest BCUT2D eigenvalue weighted by Crippen LogP contribution is 2.26. The van der Waals surface area contributed by atoms with Crippen molar-refractivity contribution in [1.82, 2.24) is 15.5 Å².